The lowest BCUT2D eigenvalue weighted by Gasteiger charge is -2.24. The molecule has 4 nitrogen and oxygen atoms in total. The number of alkyl halides is 3. The van der Waals surface area contributed by atoms with Gasteiger partial charge in [-0.25, -0.2) is 4.98 Å². The minimum Gasteiger partial charge on any atom is -0.472 e. The molecule has 1 heterocycles. The summed E-state index contributed by atoms with van der Waals surface area (Å²) in [7, 11) is 0. The molecule has 0 saturated carbocycles. The molecule has 0 unspecified atom stereocenters. The molecule has 0 saturated heterocycles. The number of nitrogens with zero attached hydrogens (tertiary/aromatic N) is 2. The molecule has 1 rings (SSSR count). The van der Waals surface area contributed by atoms with Gasteiger partial charge in [0.05, 0.1) is 0 Å². The van der Waals surface area contributed by atoms with E-state index in [4.69, 9.17) is 4.74 Å². The van der Waals surface area contributed by atoms with Crippen LogP contribution in [-0.2, 0) is 6.18 Å². The monoisotopic (exact) mass is 291 g/mol. The van der Waals surface area contributed by atoms with Crippen molar-refractivity contribution >= 4 is 5.82 Å². The number of ether oxygens (including phenoxy) is 1. The topological polar surface area (TPSA) is 47.0 Å². The number of nitrogens with one attached hydrogen (secondary N) is 1. The normalized spacial score (nSPS) is 12.3. The van der Waals surface area contributed by atoms with Gasteiger partial charge in [-0.2, -0.15) is 18.2 Å². The second kappa shape index (κ2) is 6.28. The first-order valence-corrected chi connectivity index (χ1v) is 6.57. The number of hydrogen-bond donors (Lipinski definition) is 1. The molecule has 1 aromatic rings. The van der Waals surface area contributed by atoms with E-state index in [-0.39, 0.29) is 11.7 Å². The Morgan fingerprint density at radius 1 is 1.20 bits per heavy atom. The van der Waals surface area contributed by atoms with Crippen molar-refractivity contribution < 1.29 is 17.9 Å². The summed E-state index contributed by atoms with van der Waals surface area (Å²) in [6.07, 6.45) is -3.17. The predicted molar refractivity (Wildman–Crippen MR) is 70.8 cm³/mol. The summed E-state index contributed by atoms with van der Waals surface area (Å²) < 4.78 is 43.8. The lowest BCUT2D eigenvalue weighted by molar-refractivity contribution is -0.145. The Bertz CT molecular complexity index is 447. The van der Waals surface area contributed by atoms with E-state index in [0.717, 1.165) is 6.42 Å². The molecule has 0 aromatic carbocycles. The number of rotatable bonds is 6. The van der Waals surface area contributed by atoms with Crippen LogP contribution in [0.25, 0.3) is 0 Å². The van der Waals surface area contributed by atoms with Gasteiger partial charge in [-0.1, -0.05) is 13.8 Å². The summed E-state index contributed by atoms with van der Waals surface area (Å²) in [5.41, 5.74) is -0.584. The second-order valence-corrected chi connectivity index (χ2v) is 5.05. The summed E-state index contributed by atoms with van der Waals surface area (Å²) in [6.45, 7) is 7.92. The molecule has 0 radical (unpaired) electrons. The first kappa shape index (κ1) is 16.5. The Balaban J connectivity index is 3.10. The maximum absolute atomic E-state index is 12.8. The Labute approximate surface area is 116 Å². The Kier molecular flexibility index (Phi) is 5.19. The van der Waals surface area contributed by atoms with Gasteiger partial charge in [0.15, 0.2) is 0 Å². The fourth-order valence-electron chi connectivity index (χ4n) is 1.30. The highest BCUT2D eigenvalue weighted by Gasteiger charge is 2.36. The van der Waals surface area contributed by atoms with Crippen LogP contribution in [0.2, 0.25) is 0 Å². The predicted octanol–water partition coefficient (Wildman–Crippen LogP) is 3.88. The molecule has 0 spiro atoms. The zero-order valence-electron chi connectivity index (χ0n) is 12.1. The molecule has 0 amide bonds. The Morgan fingerprint density at radius 2 is 1.85 bits per heavy atom. The molecule has 0 aliphatic rings. The third-order valence-corrected chi connectivity index (χ3v) is 2.74. The van der Waals surface area contributed by atoms with Crippen molar-refractivity contribution in [2.24, 2.45) is 0 Å². The third-order valence-electron chi connectivity index (χ3n) is 2.74. The zero-order valence-corrected chi connectivity index (χ0v) is 12.1. The van der Waals surface area contributed by atoms with Crippen LogP contribution in [0.5, 0.6) is 5.88 Å². The van der Waals surface area contributed by atoms with E-state index in [2.05, 4.69) is 15.3 Å². The smallest absolute Gasteiger partial charge is 0.451 e. The first-order valence-electron chi connectivity index (χ1n) is 6.57. The number of anilines is 1. The Hall–Kier alpha value is -1.53. The number of halogens is 3. The van der Waals surface area contributed by atoms with Crippen LogP contribution in [-0.4, -0.2) is 22.1 Å². The SMILES string of the molecule is CCCNc1cc(OC(C)(C)CC)nc(C(F)(F)F)n1. The highest BCUT2D eigenvalue weighted by atomic mass is 19.4. The minimum absolute atomic E-state index is 0.0715. The highest BCUT2D eigenvalue weighted by molar-refractivity contribution is 5.39. The fourth-order valence-corrected chi connectivity index (χ4v) is 1.30. The molecule has 20 heavy (non-hydrogen) atoms. The van der Waals surface area contributed by atoms with Crippen LogP contribution >= 0.6 is 0 Å². The van der Waals surface area contributed by atoms with Crippen molar-refractivity contribution in [2.45, 2.75) is 52.3 Å². The van der Waals surface area contributed by atoms with Crippen molar-refractivity contribution in [1.29, 1.82) is 0 Å². The standard InChI is InChI=1S/C13H20F3N3O/c1-5-7-17-9-8-10(20-12(3,4)6-2)19-11(18-9)13(14,15)16/h8H,5-7H2,1-4H3,(H,17,18,19). The lowest BCUT2D eigenvalue weighted by Crippen LogP contribution is -2.28. The molecule has 0 atom stereocenters. The molecule has 114 valence electrons. The molecular formula is C13H20F3N3O. The van der Waals surface area contributed by atoms with E-state index in [9.17, 15) is 13.2 Å². The summed E-state index contributed by atoms with van der Waals surface area (Å²) >= 11 is 0. The fraction of sp³-hybridized carbons (Fsp3) is 0.692. The van der Waals surface area contributed by atoms with Crippen LogP contribution in [0.4, 0.5) is 19.0 Å². The van der Waals surface area contributed by atoms with Crippen molar-refractivity contribution in [3.8, 4) is 5.88 Å². The van der Waals surface area contributed by atoms with Gasteiger partial charge in [0.1, 0.15) is 11.4 Å². The van der Waals surface area contributed by atoms with Crippen LogP contribution in [0.15, 0.2) is 6.07 Å². The second-order valence-electron chi connectivity index (χ2n) is 5.05. The van der Waals surface area contributed by atoms with E-state index >= 15 is 0 Å². The maximum Gasteiger partial charge on any atom is 0.451 e. The Morgan fingerprint density at radius 3 is 2.35 bits per heavy atom. The van der Waals surface area contributed by atoms with Crippen LogP contribution in [0.1, 0.15) is 46.4 Å². The molecule has 1 N–H and O–H groups in total. The first-order chi connectivity index (χ1) is 9.18. The third kappa shape index (κ3) is 4.86. The van der Waals surface area contributed by atoms with Gasteiger partial charge in [0.2, 0.25) is 11.7 Å². The van der Waals surface area contributed by atoms with Gasteiger partial charge < -0.3 is 10.1 Å². The van der Waals surface area contributed by atoms with E-state index < -0.39 is 17.6 Å². The molecule has 0 aliphatic heterocycles. The van der Waals surface area contributed by atoms with Crippen molar-refractivity contribution in [1.82, 2.24) is 9.97 Å². The zero-order chi connectivity index (χ0) is 15.4. The molecular weight excluding hydrogens is 271 g/mol. The molecule has 7 heteroatoms. The van der Waals surface area contributed by atoms with E-state index in [1.807, 2.05) is 13.8 Å². The van der Waals surface area contributed by atoms with E-state index in [1.54, 1.807) is 13.8 Å². The summed E-state index contributed by atoms with van der Waals surface area (Å²) in [5, 5.41) is 2.82. The van der Waals surface area contributed by atoms with Crippen molar-refractivity contribution in [3.63, 3.8) is 0 Å². The van der Waals surface area contributed by atoms with Crippen molar-refractivity contribution in [3.05, 3.63) is 11.9 Å². The average Bonchev–Trinajstić information content (AvgIpc) is 2.34. The van der Waals surface area contributed by atoms with Gasteiger partial charge in [0.25, 0.3) is 0 Å². The largest absolute Gasteiger partial charge is 0.472 e. The number of hydrogen-bond acceptors (Lipinski definition) is 4. The van der Waals surface area contributed by atoms with Crippen LogP contribution < -0.4 is 10.1 Å². The van der Waals surface area contributed by atoms with E-state index in [0.29, 0.717) is 13.0 Å². The lowest BCUT2D eigenvalue weighted by atomic mass is 10.1. The van der Waals surface area contributed by atoms with Crippen molar-refractivity contribution in [2.75, 3.05) is 11.9 Å². The van der Waals surface area contributed by atoms with Gasteiger partial charge in [-0.05, 0) is 26.7 Å². The average molecular weight is 291 g/mol. The molecule has 0 bridgehead atoms. The van der Waals surface area contributed by atoms with Crippen LogP contribution in [0, 0.1) is 0 Å². The van der Waals surface area contributed by atoms with Crippen LogP contribution in [0.3, 0.4) is 0 Å². The molecule has 0 fully saturated rings. The summed E-state index contributed by atoms with van der Waals surface area (Å²) in [6, 6.07) is 1.39. The summed E-state index contributed by atoms with van der Waals surface area (Å²) in [5.74, 6) is -1.14. The molecule has 0 aliphatic carbocycles. The number of aromatic nitrogens is 2. The minimum atomic E-state index is -4.60. The maximum atomic E-state index is 12.8. The summed E-state index contributed by atoms with van der Waals surface area (Å²) in [4.78, 5) is 6.92. The van der Waals surface area contributed by atoms with Gasteiger partial charge >= 0.3 is 6.18 Å². The van der Waals surface area contributed by atoms with Gasteiger partial charge in [-0.15, -0.1) is 0 Å². The quantitative estimate of drug-likeness (QED) is 0.864. The molecule has 1 aromatic heterocycles. The van der Waals surface area contributed by atoms with E-state index in [1.165, 1.54) is 6.07 Å². The van der Waals surface area contributed by atoms with Gasteiger partial charge in [0, 0.05) is 12.6 Å². The van der Waals surface area contributed by atoms with Gasteiger partial charge in [-0.3, -0.25) is 0 Å². The highest BCUT2D eigenvalue weighted by Crippen LogP contribution is 2.30.